The lowest BCUT2D eigenvalue weighted by atomic mass is 9.87. The van der Waals surface area contributed by atoms with Gasteiger partial charge in [-0.1, -0.05) is 0 Å². The molecule has 2 N–H and O–H groups in total. The molecule has 1 aliphatic heterocycles. The van der Waals surface area contributed by atoms with E-state index < -0.39 is 0 Å². The Hall–Kier alpha value is -0.0800. The van der Waals surface area contributed by atoms with Gasteiger partial charge in [0.25, 0.3) is 0 Å². The summed E-state index contributed by atoms with van der Waals surface area (Å²) in [5.74, 6) is 0.969. The second-order valence-electron chi connectivity index (χ2n) is 3.66. The monoisotopic (exact) mass is 140 g/mol. The van der Waals surface area contributed by atoms with Gasteiger partial charge in [-0.05, 0) is 38.8 Å². The first-order valence-electron chi connectivity index (χ1n) is 4.29. The van der Waals surface area contributed by atoms with E-state index in [0.29, 0.717) is 0 Å². The maximum atomic E-state index is 3.54. The second-order valence-corrected chi connectivity index (χ2v) is 3.66. The van der Waals surface area contributed by atoms with Gasteiger partial charge in [0.15, 0.2) is 0 Å². The fourth-order valence-corrected chi connectivity index (χ4v) is 2.34. The van der Waals surface area contributed by atoms with Crippen molar-refractivity contribution in [1.29, 1.82) is 0 Å². The van der Waals surface area contributed by atoms with Crippen molar-refractivity contribution >= 4 is 0 Å². The average Bonchev–Trinajstić information content (AvgIpc) is 2.30. The molecule has 2 fully saturated rings. The van der Waals surface area contributed by atoms with Crippen LogP contribution in [-0.4, -0.2) is 25.7 Å². The molecule has 0 spiro atoms. The quantitative estimate of drug-likeness (QED) is 0.549. The fourth-order valence-electron chi connectivity index (χ4n) is 2.34. The Kier molecular flexibility index (Phi) is 1.66. The first-order valence-corrected chi connectivity index (χ1v) is 4.29. The van der Waals surface area contributed by atoms with Gasteiger partial charge in [0.1, 0.15) is 0 Å². The molecule has 1 saturated heterocycles. The van der Waals surface area contributed by atoms with Crippen LogP contribution < -0.4 is 10.6 Å². The van der Waals surface area contributed by atoms with Crippen molar-refractivity contribution in [3.63, 3.8) is 0 Å². The summed E-state index contributed by atoms with van der Waals surface area (Å²) in [5.41, 5.74) is 0. The Morgan fingerprint density at radius 1 is 1.30 bits per heavy atom. The van der Waals surface area contributed by atoms with E-state index in [2.05, 4.69) is 17.7 Å². The topological polar surface area (TPSA) is 24.1 Å². The highest BCUT2D eigenvalue weighted by molar-refractivity contribution is 4.92. The third-order valence-electron chi connectivity index (χ3n) is 2.91. The molecule has 1 heterocycles. The minimum absolute atomic E-state index is 0.791. The van der Waals surface area contributed by atoms with E-state index in [9.17, 15) is 0 Å². The highest BCUT2D eigenvalue weighted by Gasteiger charge is 2.32. The molecular weight excluding hydrogens is 124 g/mol. The third kappa shape index (κ3) is 1.06. The minimum Gasteiger partial charge on any atom is -0.317 e. The van der Waals surface area contributed by atoms with Gasteiger partial charge in [0.05, 0.1) is 0 Å². The molecule has 0 aromatic rings. The summed E-state index contributed by atoms with van der Waals surface area (Å²) in [4.78, 5) is 0. The molecule has 2 aliphatic rings. The van der Waals surface area contributed by atoms with E-state index in [1.54, 1.807) is 0 Å². The van der Waals surface area contributed by atoms with Crippen LogP contribution in [0, 0.1) is 5.92 Å². The summed E-state index contributed by atoms with van der Waals surface area (Å²) in [6.07, 6.45) is 4.16. The highest BCUT2D eigenvalue weighted by atomic mass is 15.0. The van der Waals surface area contributed by atoms with Crippen LogP contribution in [0.3, 0.4) is 0 Å². The van der Waals surface area contributed by atoms with Gasteiger partial charge < -0.3 is 10.6 Å². The Bertz CT molecular complexity index is 112. The van der Waals surface area contributed by atoms with E-state index in [4.69, 9.17) is 0 Å². The van der Waals surface area contributed by atoms with Crippen molar-refractivity contribution in [2.75, 3.05) is 13.6 Å². The Labute approximate surface area is 62.4 Å². The number of rotatable bonds is 1. The number of hydrogen-bond donors (Lipinski definition) is 2. The van der Waals surface area contributed by atoms with Crippen LogP contribution in [0.15, 0.2) is 0 Å². The molecule has 1 aliphatic carbocycles. The number of fused-ring (bicyclic) bond motifs is 2. The first-order chi connectivity index (χ1) is 4.88. The molecule has 3 atom stereocenters. The van der Waals surface area contributed by atoms with Crippen LogP contribution in [0.2, 0.25) is 0 Å². The van der Waals surface area contributed by atoms with E-state index in [0.717, 1.165) is 18.0 Å². The summed E-state index contributed by atoms with van der Waals surface area (Å²) >= 11 is 0. The summed E-state index contributed by atoms with van der Waals surface area (Å²) in [6, 6.07) is 1.62. The van der Waals surface area contributed by atoms with Crippen LogP contribution in [0.5, 0.6) is 0 Å². The zero-order valence-corrected chi connectivity index (χ0v) is 6.56. The molecule has 2 bridgehead atoms. The molecule has 1 saturated carbocycles. The van der Waals surface area contributed by atoms with Crippen molar-refractivity contribution in [3.05, 3.63) is 0 Å². The van der Waals surface area contributed by atoms with Gasteiger partial charge in [0, 0.05) is 12.1 Å². The lowest BCUT2D eigenvalue weighted by molar-refractivity contribution is 0.331. The van der Waals surface area contributed by atoms with E-state index in [1.165, 1.54) is 25.8 Å². The smallest absolute Gasteiger partial charge is 0.00851 e. The number of nitrogens with one attached hydrogen (secondary N) is 2. The van der Waals surface area contributed by atoms with E-state index in [1.807, 2.05) is 0 Å². The molecular formula is C8H16N2. The molecule has 0 aromatic carbocycles. The molecule has 3 unspecified atom stereocenters. The summed E-state index contributed by atoms with van der Waals surface area (Å²) in [6.45, 7) is 1.27. The first kappa shape index (κ1) is 6.62. The lowest BCUT2D eigenvalue weighted by Crippen LogP contribution is -2.35. The molecule has 2 nitrogen and oxygen atoms in total. The lowest BCUT2D eigenvalue weighted by Gasteiger charge is -2.26. The Balaban J connectivity index is 1.96. The minimum atomic E-state index is 0.791. The van der Waals surface area contributed by atoms with Crippen molar-refractivity contribution < 1.29 is 0 Å². The predicted octanol–water partition coefficient (Wildman–Crippen LogP) is 0.346. The summed E-state index contributed by atoms with van der Waals surface area (Å²) in [5, 5.41) is 6.91. The van der Waals surface area contributed by atoms with Crippen LogP contribution >= 0.6 is 0 Å². The molecule has 2 rings (SSSR count). The SMILES string of the molecule is CNC1CC2CNC(C2)C1. The van der Waals surface area contributed by atoms with Gasteiger partial charge in [-0.3, -0.25) is 0 Å². The van der Waals surface area contributed by atoms with Gasteiger partial charge in [-0.15, -0.1) is 0 Å². The predicted molar refractivity (Wildman–Crippen MR) is 42.0 cm³/mol. The summed E-state index contributed by atoms with van der Waals surface area (Å²) < 4.78 is 0. The normalized spacial score (nSPS) is 45.9. The third-order valence-corrected chi connectivity index (χ3v) is 2.91. The van der Waals surface area contributed by atoms with E-state index in [-0.39, 0.29) is 0 Å². The average molecular weight is 140 g/mol. The molecule has 0 radical (unpaired) electrons. The van der Waals surface area contributed by atoms with Crippen LogP contribution in [0.25, 0.3) is 0 Å². The Morgan fingerprint density at radius 3 is 2.90 bits per heavy atom. The van der Waals surface area contributed by atoms with Gasteiger partial charge in [-0.2, -0.15) is 0 Å². The Morgan fingerprint density at radius 2 is 2.20 bits per heavy atom. The van der Waals surface area contributed by atoms with Crippen molar-refractivity contribution in [2.24, 2.45) is 5.92 Å². The molecule has 0 aromatic heterocycles. The van der Waals surface area contributed by atoms with Gasteiger partial charge >= 0.3 is 0 Å². The van der Waals surface area contributed by atoms with Crippen molar-refractivity contribution in [3.8, 4) is 0 Å². The maximum absolute atomic E-state index is 3.54. The summed E-state index contributed by atoms with van der Waals surface area (Å²) in [7, 11) is 2.08. The highest BCUT2D eigenvalue weighted by Crippen LogP contribution is 2.28. The van der Waals surface area contributed by atoms with Crippen molar-refractivity contribution in [2.45, 2.75) is 31.3 Å². The van der Waals surface area contributed by atoms with Crippen LogP contribution in [0.4, 0.5) is 0 Å². The zero-order valence-electron chi connectivity index (χ0n) is 6.56. The van der Waals surface area contributed by atoms with E-state index >= 15 is 0 Å². The zero-order chi connectivity index (χ0) is 6.97. The number of hydrogen-bond acceptors (Lipinski definition) is 2. The van der Waals surface area contributed by atoms with Gasteiger partial charge in [0.2, 0.25) is 0 Å². The van der Waals surface area contributed by atoms with Crippen molar-refractivity contribution in [1.82, 2.24) is 10.6 Å². The molecule has 0 amide bonds. The standard InChI is InChI=1S/C8H16N2/c1-9-7-2-6-3-8(4-7)10-5-6/h6-10H,2-5H2,1H3. The molecule has 58 valence electrons. The van der Waals surface area contributed by atoms with Crippen LogP contribution in [-0.2, 0) is 0 Å². The van der Waals surface area contributed by atoms with Gasteiger partial charge in [-0.25, -0.2) is 0 Å². The second kappa shape index (κ2) is 2.51. The maximum Gasteiger partial charge on any atom is 0.00851 e. The fraction of sp³-hybridized carbons (Fsp3) is 1.00. The molecule has 10 heavy (non-hydrogen) atoms. The largest absolute Gasteiger partial charge is 0.317 e. The molecule has 2 heteroatoms. The van der Waals surface area contributed by atoms with Crippen LogP contribution in [0.1, 0.15) is 19.3 Å².